The summed E-state index contributed by atoms with van der Waals surface area (Å²) in [6.45, 7) is 1.80. The fourth-order valence-electron chi connectivity index (χ4n) is 2.44. The maximum atomic E-state index is 5.20. The molecule has 0 amide bonds. The van der Waals surface area contributed by atoms with Crippen LogP contribution in [0.5, 0.6) is 0 Å². The molecule has 0 unspecified atom stereocenters. The number of anilines is 1. The van der Waals surface area contributed by atoms with Gasteiger partial charge in [0, 0.05) is 24.9 Å². The van der Waals surface area contributed by atoms with Crippen LogP contribution in [0.3, 0.4) is 0 Å². The van der Waals surface area contributed by atoms with Crippen molar-refractivity contribution >= 4 is 5.69 Å². The van der Waals surface area contributed by atoms with E-state index in [9.17, 15) is 0 Å². The lowest BCUT2D eigenvalue weighted by atomic mass is 10.1. The predicted molar refractivity (Wildman–Crippen MR) is 67.6 cm³/mol. The predicted octanol–water partition coefficient (Wildman–Crippen LogP) is 3.44. The van der Waals surface area contributed by atoms with E-state index in [1.807, 2.05) is 0 Å². The van der Waals surface area contributed by atoms with Crippen LogP contribution in [0.15, 0.2) is 24.3 Å². The Morgan fingerprint density at radius 3 is 2.75 bits per heavy atom. The second kappa shape index (κ2) is 5.90. The summed E-state index contributed by atoms with van der Waals surface area (Å²) in [5, 5.41) is 3.56. The molecule has 2 nitrogen and oxygen atoms in total. The maximum Gasteiger partial charge on any atom is 0.0733 e. The van der Waals surface area contributed by atoms with Crippen LogP contribution in [0.1, 0.15) is 31.2 Å². The third-order valence-electron chi connectivity index (χ3n) is 3.37. The van der Waals surface area contributed by atoms with E-state index < -0.39 is 0 Å². The summed E-state index contributed by atoms with van der Waals surface area (Å²) in [4.78, 5) is 0. The lowest BCUT2D eigenvalue weighted by Crippen LogP contribution is -2.12. The Morgan fingerprint density at radius 2 is 2.00 bits per heavy atom. The Balaban J connectivity index is 1.91. The first-order chi connectivity index (χ1) is 7.90. The van der Waals surface area contributed by atoms with Gasteiger partial charge in [-0.3, -0.25) is 0 Å². The van der Waals surface area contributed by atoms with E-state index in [2.05, 4.69) is 29.6 Å². The number of nitrogens with one attached hydrogen (secondary N) is 1. The maximum absolute atomic E-state index is 5.20. The summed E-state index contributed by atoms with van der Waals surface area (Å²) in [6, 6.07) is 8.41. The zero-order chi connectivity index (χ0) is 11.2. The van der Waals surface area contributed by atoms with Crippen molar-refractivity contribution in [2.45, 2.75) is 32.3 Å². The standard InChI is InChI=1S/C14H21NO/c1-16-11-13-8-4-5-9-14(13)15-10-12-6-2-3-7-12/h4-5,8-9,12,15H,2-3,6-7,10-11H2,1H3. The topological polar surface area (TPSA) is 21.3 Å². The Labute approximate surface area is 98.0 Å². The third-order valence-corrected chi connectivity index (χ3v) is 3.37. The molecule has 0 radical (unpaired) electrons. The molecule has 88 valence electrons. The van der Waals surface area contributed by atoms with Gasteiger partial charge in [-0.25, -0.2) is 0 Å². The minimum absolute atomic E-state index is 0.688. The van der Waals surface area contributed by atoms with Crippen LogP contribution in [0.4, 0.5) is 5.69 Å². The molecule has 0 spiro atoms. The molecule has 0 saturated heterocycles. The Hall–Kier alpha value is -1.02. The summed E-state index contributed by atoms with van der Waals surface area (Å²) in [7, 11) is 1.74. The first-order valence-electron chi connectivity index (χ1n) is 6.21. The van der Waals surface area contributed by atoms with Crippen molar-refractivity contribution in [3.05, 3.63) is 29.8 Å². The van der Waals surface area contributed by atoms with Gasteiger partial charge in [0.15, 0.2) is 0 Å². The highest BCUT2D eigenvalue weighted by atomic mass is 16.5. The van der Waals surface area contributed by atoms with Gasteiger partial charge < -0.3 is 10.1 Å². The quantitative estimate of drug-likeness (QED) is 0.819. The van der Waals surface area contributed by atoms with Crippen LogP contribution in [0.25, 0.3) is 0 Å². The highest BCUT2D eigenvalue weighted by Gasteiger charge is 2.14. The minimum Gasteiger partial charge on any atom is -0.384 e. The van der Waals surface area contributed by atoms with Crippen LogP contribution in [-0.2, 0) is 11.3 Å². The monoisotopic (exact) mass is 219 g/mol. The average Bonchev–Trinajstić information content (AvgIpc) is 2.81. The SMILES string of the molecule is COCc1ccccc1NCC1CCCC1. The molecule has 1 fully saturated rings. The van der Waals surface area contributed by atoms with Crippen molar-refractivity contribution in [2.24, 2.45) is 5.92 Å². The molecule has 1 N–H and O–H groups in total. The average molecular weight is 219 g/mol. The Kier molecular flexibility index (Phi) is 4.23. The second-order valence-corrected chi connectivity index (χ2v) is 4.62. The van der Waals surface area contributed by atoms with Gasteiger partial charge in [0.25, 0.3) is 0 Å². The molecule has 16 heavy (non-hydrogen) atoms. The van der Waals surface area contributed by atoms with Gasteiger partial charge in [-0.05, 0) is 24.8 Å². The van der Waals surface area contributed by atoms with E-state index in [1.54, 1.807) is 7.11 Å². The molecular weight excluding hydrogens is 198 g/mol. The molecule has 0 bridgehead atoms. The van der Waals surface area contributed by atoms with E-state index in [4.69, 9.17) is 4.74 Å². The molecule has 0 atom stereocenters. The van der Waals surface area contributed by atoms with Gasteiger partial charge in [0.2, 0.25) is 0 Å². The van der Waals surface area contributed by atoms with Crippen molar-refractivity contribution < 1.29 is 4.74 Å². The molecular formula is C14H21NO. The van der Waals surface area contributed by atoms with Crippen LogP contribution < -0.4 is 5.32 Å². The lowest BCUT2D eigenvalue weighted by Gasteiger charge is -2.14. The fraction of sp³-hybridized carbons (Fsp3) is 0.571. The highest BCUT2D eigenvalue weighted by Crippen LogP contribution is 2.25. The smallest absolute Gasteiger partial charge is 0.0733 e. The van der Waals surface area contributed by atoms with Gasteiger partial charge in [0.1, 0.15) is 0 Å². The summed E-state index contributed by atoms with van der Waals surface area (Å²) < 4.78 is 5.20. The van der Waals surface area contributed by atoms with Crippen LogP contribution >= 0.6 is 0 Å². The van der Waals surface area contributed by atoms with Gasteiger partial charge in [-0.2, -0.15) is 0 Å². The van der Waals surface area contributed by atoms with Crippen molar-refractivity contribution in [3.63, 3.8) is 0 Å². The number of methoxy groups -OCH3 is 1. The molecule has 1 aromatic rings. The zero-order valence-electron chi connectivity index (χ0n) is 10.0. The van der Waals surface area contributed by atoms with Crippen LogP contribution in [0.2, 0.25) is 0 Å². The van der Waals surface area contributed by atoms with Crippen molar-refractivity contribution in [2.75, 3.05) is 19.0 Å². The Bertz CT molecular complexity index is 318. The first-order valence-corrected chi connectivity index (χ1v) is 6.21. The summed E-state index contributed by atoms with van der Waals surface area (Å²) in [5.41, 5.74) is 2.49. The molecule has 0 aromatic heterocycles. The summed E-state index contributed by atoms with van der Waals surface area (Å²) in [6.07, 6.45) is 5.59. The van der Waals surface area contributed by atoms with Crippen molar-refractivity contribution in [3.8, 4) is 0 Å². The molecule has 1 aliphatic rings. The van der Waals surface area contributed by atoms with Gasteiger partial charge in [-0.1, -0.05) is 31.0 Å². The molecule has 0 heterocycles. The molecule has 1 aromatic carbocycles. The number of benzene rings is 1. The van der Waals surface area contributed by atoms with E-state index in [0.717, 1.165) is 12.5 Å². The number of para-hydroxylation sites is 1. The normalized spacial score (nSPS) is 16.6. The molecule has 2 heteroatoms. The number of hydrogen-bond acceptors (Lipinski definition) is 2. The van der Waals surface area contributed by atoms with Crippen LogP contribution in [-0.4, -0.2) is 13.7 Å². The van der Waals surface area contributed by atoms with Crippen molar-refractivity contribution in [1.29, 1.82) is 0 Å². The number of hydrogen-bond donors (Lipinski definition) is 1. The summed E-state index contributed by atoms with van der Waals surface area (Å²) in [5.74, 6) is 0.871. The van der Waals surface area contributed by atoms with Gasteiger partial charge in [0.05, 0.1) is 6.61 Å². The van der Waals surface area contributed by atoms with Crippen molar-refractivity contribution in [1.82, 2.24) is 0 Å². The highest BCUT2D eigenvalue weighted by molar-refractivity contribution is 5.50. The largest absolute Gasteiger partial charge is 0.384 e. The molecule has 1 aliphatic carbocycles. The van der Waals surface area contributed by atoms with E-state index in [1.165, 1.54) is 36.9 Å². The molecule has 0 aliphatic heterocycles. The zero-order valence-corrected chi connectivity index (χ0v) is 10.0. The number of rotatable bonds is 5. The molecule has 2 rings (SSSR count). The fourth-order valence-corrected chi connectivity index (χ4v) is 2.44. The lowest BCUT2D eigenvalue weighted by molar-refractivity contribution is 0.185. The summed E-state index contributed by atoms with van der Waals surface area (Å²) >= 11 is 0. The Morgan fingerprint density at radius 1 is 1.25 bits per heavy atom. The van der Waals surface area contributed by atoms with E-state index >= 15 is 0 Å². The number of ether oxygens (including phenoxy) is 1. The third kappa shape index (κ3) is 2.99. The van der Waals surface area contributed by atoms with E-state index in [-0.39, 0.29) is 0 Å². The minimum atomic E-state index is 0.688. The first kappa shape index (κ1) is 11.5. The molecule has 1 saturated carbocycles. The van der Waals surface area contributed by atoms with Gasteiger partial charge in [-0.15, -0.1) is 0 Å². The van der Waals surface area contributed by atoms with Gasteiger partial charge >= 0.3 is 0 Å². The second-order valence-electron chi connectivity index (χ2n) is 4.62. The van der Waals surface area contributed by atoms with Crippen LogP contribution in [0, 0.1) is 5.92 Å². The van der Waals surface area contributed by atoms with E-state index in [0.29, 0.717) is 6.61 Å².